The topological polar surface area (TPSA) is 61.4 Å². The lowest BCUT2D eigenvalue weighted by Crippen LogP contribution is -2.42. The van der Waals surface area contributed by atoms with Crippen LogP contribution in [0.4, 0.5) is 4.79 Å². The number of urea groups is 1. The molecule has 4 heteroatoms. The summed E-state index contributed by atoms with van der Waals surface area (Å²) in [7, 11) is 0. The minimum absolute atomic E-state index is 0.0372. The van der Waals surface area contributed by atoms with Crippen molar-refractivity contribution in [1.29, 1.82) is 0 Å². The van der Waals surface area contributed by atoms with Gasteiger partial charge in [0, 0.05) is 6.54 Å². The van der Waals surface area contributed by atoms with Crippen molar-refractivity contribution in [2.24, 2.45) is 0 Å². The molecular weight excluding hydrogens is 240 g/mol. The Morgan fingerprint density at radius 1 is 1.21 bits per heavy atom. The maximum atomic E-state index is 11.3. The summed E-state index contributed by atoms with van der Waals surface area (Å²) in [5.74, 6) is 0. The number of carbonyl (C=O) groups is 1. The van der Waals surface area contributed by atoms with E-state index in [9.17, 15) is 4.79 Å². The Morgan fingerprint density at radius 3 is 2.63 bits per heavy atom. The van der Waals surface area contributed by atoms with Crippen LogP contribution in [0.3, 0.4) is 0 Å². The molecule has 0 fully saturated rings. The Labute approximate surface area is 115 Å². The largest absolute Gasteiger partial charge is 0.394 e. The first-order chi connectivity index (χ1) is 9.22. The van der Waals surface area contributed by atoms with Crippen molar-refractivity contribution in [2.75, 3.05) is 13.2 Å². The van der Waals surface area contributed by atoms with E-state index in [0.717, 1.165) is 25.7 Å². The summed E-state index contributed by atoms with van der Waals surface area (Å²) in [4.78, 5) is 11.3. The second-order valence-electron chi connectivity index (χ2n) is 4.78. The third kappa shape index (κ3) is 7.47. The van der Waals surface area contributed by atoms with Gasteiger partial charge in [0.05, 0.1) is 12.6 Å². The standard InChI is InChI=1S/C15H24N2O2/c1-13(12-18)17-15(19)16-11-7-3-6-10-14-8-4-2-5-9-14/h2,4-5,8-9,13,18H,3,6-7,10-12H2,1H3,(H2,16,17,19)/t13-/m0/s1. The molecule has 106 valence electrons. The molecule has 1 aromatic carbocycles. The Hall–Kier alpha value is -1.55. The molecule has 4 nitrogen and oxygen atoms in total. The van der Waals surface area contributed by atoms with Crippen molar-refractivity contribution in [2.45, 2.75) is 38.6 Å². The average Bonchev–Trinajstić information content (AvgIpc) is 2.43. The van der Waals surface area contributed by atoms with Crippen molar-refractivity contribution in [3.8, 4) is 0 Å². The van der Waals surface area contributed by atoms with Crippen LogP contribution in [0.1, 0.15) is 31.7 Å². The SMILES string of the molecule is C[C@@H](CO)NC(=O)NCCCCCc1ccccc1. The first-order valence-corrected chi connectivity index (χ1v) is 6.91. The maximum absolute atomic E-state index is 11.3. The average molecular weight is 264 g/mol. The van der Waals surface area contributed by atoms with E-state index in [2.05, 4.69) is 34.9 Å². The summed E-state index contributed by atoms with van der Waals surface area (Å²) in [5.41, 5.74) is 1.37. The van der Waals surface area contributed by atoms with Gasteiger partial charge in [-0.25, -0.2) is 4.79 Å². The van der Waals surface area contributed by atoms with Crippen molar-refractivity contribution in [3.05, 3.63) is 35.9 Å². The maximum Gasteiger partial charge on any atom is 0.315 e. The molecule has 1 rings (SSSR count). The van der Waals surface area contributed by atoms with Gasteiger partial charge in [0.15, 0.2) is 0 Å². The van der Waals surface area contributed by atoms with Gasteiger partial charge in [0.1, 0.15) is 0 Å². The highest BCUT2D eigenvalue weighted by Gasteiger charge is 2.04. The van der Waals surface area contributed by atoms with Gasteiger partial charge in [-0.1, -0.05) is 36.8 Å². The quantitative estimate of drug-likeness (QED) is 0.630. The van der Waals surface area contributed by atoms with Crippen molar-refractivity contribution < 1.29 is 9.90 Å². The van der Waals surface area contributed by atoms with Crippen molar-refractivity contribution in [1.82, 2.24) is 10.6 Å². The summed E-state index contributed by atoms with van der Waals surface area (Å²) in [6.45, 7) is 2.41. The Balaban J connectivity index is 1.98. The summed E-state index contributed by atoms with van der Waals surface area (Å²) in [5, 5.41) is 14.2. The highest BCUT2D eigenvalue weighted by atomic mass is 16.3. The molecule has 0 aliphatic rings. The number of hydrogen-bond donors (Lipinski definition) is 3. The number of nitrogens with one attached hydrogen (secondary N) is 2. The highest BCUT2D eigenvalue weighted by Crippen LogP contribution is 2.05. The zero-order valence-electron chi connectivity index (χ0n) is 11.6. The molecular formula is C15H24N2O2. The number of benzene rings is 1. The number of carbonyl (C=O) groups excluding carboxylic acids is 1. The van der Waals surface area contributed by atoms with E-state index in [-0.39, 0.29) is 18.7 Å². The normalized spacial score (nSPS) is 11.9. The van der Waals surface area contributed by atoms with Crippen LogP contribution in [0.5, 0.6) is 0 Å². The fraction of sp³-hybridized carbons (Fsp3) is 0.533. The molecule has 2 amide bonds. The van der Waals surface area contributed by atoms with Gasteiger partial charge in [-0.05, 0) is 31.7 Å². The third-order valence-electron chi connectivity index (χ3n) is 2.92. The minimum Gasteiger partial charge on any atom is -0.394 e. The van der Waals surface area contributed by atoms with E-state index in [0.29, 0.717) is 6.54 Å². The number of unbranched alkanes of at least 4 members (excludes halogenated alkanes) is 2. The molecule has 1 aromatic rings. The Bertz CT molecular complexity index is 354. The van der Waals surface area contributed by atoms with E-state index in [1.165, 1.54) is 5.56 Å². The van der Waals surface area contributed by atoms with Gasteiger partial charge in [0.2, 0.25) is 0 Å². The molecule has 0 saturated carbocycles. The number of hydrogen-bond acceptors (Lipinski definition) is 2. The van der Waals surface area contributed by atoms with E-state index in [1.54, 1.807) is 6.92 Å². The van der Waals surface area contributed by atoms with Crippen molar-refractivity contribution >= 4 is 6.03 Å². The van der Waals surface area contributed by atoms with Crippen LogP contribution in [0, 0.1) is 0 Å². The van der Waals surface area contributed by atoms with Gasteiger partial charge < -0.3 is 15.7 Å². The van der Waals surface area contributed by atoms with Crippen LogP contribution in [-0.4, -0.2) is 30.3 Å². The molecule has 0 aliphatic heterocycles. The van der Waals surface area contributed by atoms with Crippen LogP contribution in [-0.2, 0) is 6.42 Å². The van der Waals surface area contributed by atoms with Gasteiger partial charge in [0.25, 0.3) is 0 Å². The van der Waals surface area contributed by atoms with E-state index in [1.807, 2.05) is 6.07 Å². The summed E-state index contributed by atoms with van der Waals surface area (Å²) >= 11 is 0. The first-order valence-electron chi connectivity index (χ1n) is 6.91. The van der Waals surface area contributed by atoms with Crippen LogP contribution in [0.25, 0.3) is 0 Å². The molecule has 1 atom stereocenters. The van der Waals surface area contributed by atoms with Crippen LogP contribution < -0.4 is 10.6 Å². The fourth-order valence-corrected chi connectivity index (χ4v) is 1.80. The smallest absolute Gasteiger partial charge is 0.315 e. The van der Waals surface area contributed by atoms with Gasteiger partial charge in [-0.3, -0.25) is 0 Å². The van der Waals surface area contributed by atoms with Crippen LogP contribution >= 0.6 is 0 Å². The number of amides is 2. The summed E-state index contributed by atoms with van der Waals surface area (Å²) < 4.78 is 0. The van der Waals surface area contributed by atoms with Crippen LogP contribution in [0.15, 0.2) is 30.3 Å². The monoisotopic (exact) mass is 264 g/mol. The van der Waals surface area contributed by atoms with Gasteiger partial charge in [-0.2, -0.15) is 0 Å². The lowest BCUT2D eigenvalue weighted by atomic mass is 10.1. The predicted molar refractivity (Wildman–Crippen MR) is 77.1 cm³/mol. The molecule has 0 aliphatic carbocycles. The summed E-state index contributed by atoms with van der Waals surface area (Å²) in [6, 6.07) is 10.0. The van der Waals surface area contributed by atoms with E-state index < -0.39 is 0 Å². The molecule has 0 aromatic heterocycles. The molecule has 0 bridgehead atoms. The van der Waals surface area contributed by atoms with Crippen molar-refractivity contribution in [3.63, 3.8) is 0 Å². The molecule has 0 radical (unpaired) electrons. The van der Waals surface area contributed by atoms with E-state index >= 15 is 0 Å². The Morgan fingerprint density at radius 2 is 1.95 bits per heavy atom. The zero-order chi connectivity index (χ0) is 13.9. The second kappa shape index (κ2) is 9.39. The second-order valence-corrected chi connectivity index (χ2v) is 4.78. The van der Waals surface area contributed by atoms with Gasteiger partial charge >= 0.3 is 6.03 Å². The fourth-order valence-electron chi connectivity index (χ4n) is 1.80. The molecule has 3 N–H and O–H groups in total. The minimum atomic E-state index is -0.204. The van der Waals surface area contributed by atoms with Gasteiger partial charge in [-0.15, -0.1) is 0 Å². The number of aryl methyl sites for hydroxylation is 1. The molecule has 0 saturated heterocycles. The highest BCUT2D eigenvalue weighted by molar-refractivity contribution is 5.74. The predicted octanol–water partition coefficient (Wildman–Crippen LogP) is 2.08. The zero-order valence-corrected chi connectivity index (χ0v) is 11.6. The molecule has 0 heterocycles. The van der Waals surface area contributed by atoms with Crippen LogP contribution in [0.2, 0.25) is 0 Å². The lowest BCUT2D eigenvalue weighted by molar-refractivity contribution is 0.220. The molecule has 0 unspecified atom stereocenters. The summed E-state index contributed by atoms with van der Waals surface area (Å²) in [6.07, 6.45) is 4.31. The lowest BCUT2D eigenvalue weighted by Gasteiger charge is -2.11. The van der Waals surface area contributed by atoms with E-state index in [4.69, 9.17) is 5.11 Å². The molecule has 19 heavy (non-hydrogen) atoms. The number of aliphatic hydroxyl groups excluding tert-OH is 1. The Kier molecular flexibility index (Phi) is 7.66. The molecule has 0 spiro atoms. The number of aliphatic hydroxyl groups is 1. The third-order valence-corrected chi connectivity index (χ3v) is 2.92. The first kappa shape index (κ1) is 15.5. The number of rotatable bonds is 8.